The number of azide groups is 1. The number of carbonyl (C=O) groups excluding carboxylic acids is 1. The van der Waals surface area contributed by atoms with Crippen molar-refractivity contribution in [3.8, 4) is 16.2 Å². The fourth-order valence-electron chi connectivity index (χ4n) is 5.42. The van der Waals surface area contributed by atoms with Crippen molar-refractivity contribution in [1.82, 2.24) is 4.57 Å². The van der Waals surface area contributed by atoms with Crippen LogP contribution in [0.3, 0.4) is 0 Å². The number of ether oxygens (including phenoxy) is 1. The topological polar surface area (TPSA) is 97.1 Å². The molecule has 33 heavy (non-hydrogen) atoms. The number of thiophene rings is 1. The Morgan fingerprint density at radius 1 is 1.30 bits per heavy atom. The Hall–Kier alpha value is -3.09. The molecule has 2 heterocycles. The molecule has 8 heteroatoms. The monoisotopic (exact) mass is 460 g/mol. The van der Waals surface area contributed by atoms with Crippen LogP contribution in [0.4, 0.5) is 0 Å². The highest BCUT2D eigenvalue weighted by molar-refractivity contribution is 7.15. The summed E-state index contributed by atoms with van der Waals surface area (Å²) in [5.74, 6) is 0.440. The zero-order valence-corrected chi connectivity index (χ0v) is 19.4. The zero-order chi connectivity index (χ0) is 22.9. The van der Waals surface area contributed by atoms with Gasteiger partial charge < -0.3 is 9.30 Å². The number of aryl methyl sites for hydroxylation is 1. The van der Waals surface area contributed by atoms with Crippen molar-refractivity contribution in [3.05, 3.63) is 61.1 Å². The Kier molecular flexibility index (Phi) is 4.48. The molecule has 0 amide bonds. The van der Waals surface area contributed by atoms with Crippen LogP contribution in [0, 0.1) is 5.41 Å². The van der Waals surface area contributed by atoms with E-state index in [1.54, 1.807) is 24.6 Å². The molecular formula is C25H24N4O3S. The van der Waals surface area contributed by atoms with E-state index in [4.69, 9.17) is 4.74 Å². The van der Waals surface area contributed by atoms with Gasteiger partial charge >= 0.3 is 0 Å². The van der Waals surface area contributed by atoms with Crippen LogP contribution in [-0.4, -0.2) is 17.5 Å². The van der Waals surface area contributed by atoms with Crippen LogP contribution in [0.1, 0.15) is 71.9 Å². The number of hydrogen-bond donors (Lipinski definition) is 0. The number of hydrogen-bond acceptors (Lipinski definition) is 5. The number of methoxy groups -OCH3 is 1. The van der Waals surface area contributed by atoms with E-state index in [1.165, 1.54) is 17.4 Å². The lowest BCUT2D eigenvalue weighted by Gasteiger charge is -2.28. The normalized spacial score (nSPS) is 20.4. The average molecular weight is 461 g/mol. The molecule has 6 rings (SSSR count). The van der Waals surface area contributed by atoms with Crippen LogP contribution in [0.2, 0.25) is 0 Å². The van der Waals surface area contributed by atoms with Gasteiger partial charge in [-0.2, -0.15) is 0 Å². The summed E-state index contributed by atoms with van der Waals surface area (Å²) >= 11 is 1.67. The van der Waals surface area contributed by atoms with Gasteiger partial charge in [-0.1, -0.05) is 5.11 Å². The maximum Gasteiger partial charge on any atom is 0.200 e. The number of fused-ring (bicyclic) bond motifs is 2. The molecule has 0 aliphatic heterocycles. The molecule has 2 saturated carbocycles. The predicted molar refractivity (Wildman–Crippen MR) is 128 cm³/mol. The van der Waals surface area contributed by atoms with Crippen molar-refractivity contribution in [2.45, 2.75) is 57.5 Å². The van der Waals surface area contributed by atoms with E-state index in [-0.39, 0.29) is 34.3 Å². The number of benzene rings is 1. The Bertz CT molecular complexity index is 1440. The molecule has 3 aliphatic rings. The van der Waals surface area contributed by atoms with Gasteiger partial charge in [0.15, 0.2) is 17.0 Å². The quantitative estimate of drug-likeness (QED) is 0.192. The summed E-state index contributed by atoms with van der Waals surface area (Å²) in [5, 5.41) is 4.72. The van der Waals surface area contributed by atoms with Crippen LogP contribution < -0.4 is 10.2 Å². The molecule has 1 atom stereocenters. The number of carbonyl (C=O) groups is 1. The second-order valence-electron chi connectivity index (χ2n) is 9.58. The molecule has 0 N–H and O–H groups in total. The van der Waals surface area contributed by atoms with E-state index in [9.17, 15) is 15.1 Å². The van der Waals surface area contributed by atoms with Gasteiger partial charge in [0.1, 0.15) is 0 Å². The number of rotatable bonds is 5. The molecule has 168 valence electrons. The summed E-state index contributed by atoms with van der Waals surface area (Å²) in [4.78, 5) is 30.6. The van der Waals surface area contributed by atoms with Gasteiger partial charge in [0.2, 0.25) is 0 Å². The molecule has 0 radical (unpaired) electrons. The molecular weight excluding hydrogens is 436 g/mol. The van der Waals surface area contributed by atoms with Gasteiger partial charge in [-0.25, -0.2) is 0 Å². The maximum absolute atomic E-state index is 13.1. The second kappa shape index (κ2) is 7.20. The molecule has 0 bridgehead atoms. The SMILES string of the molecule is COc1c(-c2cc3c(s2)C(N=[N+]=[N-])C2(CC3)CC2)ccc2c(=O)c(C(C)=O)cn(C3CC3)c12. The summed E-state index contributed by atoms with van der Waals surface area (Å²) in [6.07, 6.45) is 8.05. The number of ketones is 1. The van der Waals surface area contributed by atoms with E-state index in [1.807, 2.05) is 12.1 Å². The van der Waals surface area contributed by atoms with Gasteiger partial charge in [-0.15, -0.1) is 11.3 Å². The molecule has 1 aromatic carbocycles. The highest BCUT2D eigenvalue weighted by atomic mass is 32.1. The van der Waals surface area contributed by atoms with Gasteiger partial charge in [0, 0.05) is 32.5 Å². The number of Topliss-reactive ketones (excluding diaryl/α,β-unsaturated/α-hetero) is 1. The van der Waals surface area contributed by atoms with Crippen LogP contribution >= 0.6 is 11.3 Å². The van der Waals surface area contributed by atoms with Gasteiger partial charge in [0.25, 0.3) is 0 Å². The Balaban J connectivity index is 1.57. The molecule has 3 aliphatic carbocycles. The van der Waals surface area contributed by atoms with Crippen LogP contribution in [0.5, 0.6) is 5.75 Å². The molecule has 2 fully saturated rings. The fourth-order valence-corrected chi connectivity index (χ4v) is 6.83. The number of aromatic nitrogens is 1. The molecule has 1 unspecified atom stereocenters. The first-order chi connectivity index (χ1) is 16.0. The highest BCUT2D eigenvalue weighted by Crippen LogP contribution is 2.64. The minimum Gasteiger partial charge on any atom is -0.494 e. The number of pyridine rings is 1. The maximum atomic E-state index is 13.1. The molecule has 3 aromatic rings. The smallest absolute Gasteiger partial charge is 0.200 e. The lowest BCUT2D eigenvalue weighted by atomic mass is 9.82. The van der Waals surface area contributed by atoms with E-state index in [2.05, 4.69) is 20.7 Å². The predicted octanol–water partition coefficient (Wildman–Crippen LogP) is 6.35. The minimum atomic E-state index is -0.246. The van der Waals surface area contributed by atoms with Crippen molar-refractivity contribution < 1.29 is 9.53 Å². The van der Waals surface area contributed by atoms with E-state index in [0.717, 1.165) is 54.5 Å². The molecule has 1 spiro atoms. The van der Waals surface area contributed by atoms with E-state index in [0.29, 0.717) is 11.1 Å². The molecule has 0 saturated heterocycles. The molecule has 2 aromatic heterocycles. The minimum absolute atomic E-state index is 0.0979. The summed E-state index contributed by atoms with van der Waals surface area (Å²) in [7, 11) is 1.63. The largest absolute Gasteiger partial charge is 0.494 e. The summed E-state index contributed by atoms with van der Waals surface area (Å²) in [6, 6.07) is 6.13. The van der Waals surface area contributed by atoms with Crippen molar-refractivity contribution in [1.29, 1.82) is 0 Å². The van der Waals surface area contributed by atoms with Gasteiger partial charge in [-0.3, -0.25) is 9.59 Å². The Morgan fingerprint density at radius 2 is 2.09 bits per heavy atom. The summed E-state index contributed by atoms with van der Waals surface area (Å²) in [5.41, 5.74) is 12.2. The van der Waals surface area contributed by atoms with Crippen LogP contribution in [0.25, 0.3) is 31.8 Å². The first kappa shape index (κ1) is 20.5. The Morgan fingerprint density at radius 3 is 2.73 bits per heavy atom. The summed E-state index contributed by atoms with van der Waals surface area (Å²) in [6.45, 7) is 1.44. The third-order valence-corrected chi connectivity index (χ3v) is 8.82. The standard InChI is InChI=1S/C25H24N4O3S/c1-13(30)18-12-29(15-3-4-15)20-17(21(18)31)6-5-16(22(20)32-2)19-11-14-7-8-25(9-10-25)24(27-28-26)23(14)33-19/h5-6,11-12,15,24H,3-4,7-10H2,1-2H3. The van der Waals surface area contributed by atoms with Crippen molar-refractivity contribution in [2.24, 2.45) is 10.5 Å². The van der Waals surface area contributed by atoms with Crippen molar-refractivity contribution >= 4 is 28.0 Å². The lowest BCUT2D eigenvalue weighted by Crippen LogP contribution is -2.18. The second-order valence-corrected chi connectivity index (χ2v) is 10.7. The van der Waals surface area contributed by atoms with Crippen molar-refractivity contribution in [2.75, 3.05) is 7.11 Å². The first-order valence-corrected chi connectivity index (χ1v) is 12.2. The highest BCUT2D eigenvalue weighted by Gasteiger charge is 2.52. The lowest BCUT2D eigenvalue weighted by molar-refractivity contribution is 0.101. The van der Waals surface area contributed by atoms with Gasteiger partial charge in [-0.05, 0) is 80.2 Å². The van der Waals surface area contributed by atoms with E-state index < -0.39 is 0 Å². The Labute approximate surface area is 194 Å². The third kappa shape index (κ3) is 3.05. The zero-order valence-electron chi connectivity index (χ0n) is 18.6. The van der Waals surface area contributed by atoms with Crippen LogP contribution in [0.15, 0.2) is 34.3 Å². The van der Waals surface area contributed by atoms with Crippen LogP contribution in [-0.2, 0) is 6.42 Å². The van der Waals surface area contributed by atoms with E-state index >= 15 is 0 Å². The van der Waals surface area contributed by atoms with Gasteiger partial charge in [0.05, 0.1) is 29.6 Å². The fraction of sp³-hybridized carbons (Fsp3) is 0.440. The number of nitrogens with zero attached hydrogens (tertiary/aromatic N) is 4. The summed E-state index contributed by atoms with van der Waals surface area (Å²) < 4.78 is 7.99. The van der Waals surface area contributed by atoms with Crippen molar-refractivity contribution in [3.63, 3.8) is 0 Å². The average Bonchev–Trinajstić information content (AvgIpc) is 3.73. The molecule has 7 nitrogen and oxygen atoms in total. The third-order valence-electron chi connectivity index (χ3n) is 7.56. The first-order valence-electron chi connectivity index (χ1n) is 11.4.